The molecule has 188 valence electrons. The highest BCUT2D eigenvalue weighted by atomic mass is 19.1. The van der Waals surface area contributed by atoms with Gasteiger partial charge in [0.05, 0.1) is 42.9 Å². The smallest absolute Gasteiger partial charge is 0.229 e. The van der Waals surface area contributed by atoms with Crippen LogP contribution in [-0.2, 0) is 4.74 Å². The van der Waals surface area contributed by atoms with Crippen molar-refractivity contribution in [3.8, 4) is 11.3 Å². The van der Waals surface area contributed by atoms with Crippen LogP contribution in [0, 0.1) is 18.6 Å². The fourth-order valence-corrected chi connectivity index (χ4v) is 4.51. The van der Waals surface area contributed by atoms with E-state index in [1.165, 1.54) is 6.07 Å². The second-order valence-electron chi connectivity index (χ2n) is 8.99. The van der Waals surface area contributed by atoms with E-state index in [0.29, 0.717) is 42.4 Å². The summed E-state index contributed by atoms with van der Waals surface area (Å²) in [5, 5.41) is 12.3. The van der Waals surface area contributed by atoms with Crippen LogP contribution in [-0.4, -0.2) is 62.0 Å². The van der Waals surface area contributed by atoms with Gasteiger partial charge in [-0.05, 0) is 45.0 Å². The molecule has 0 bridgehead atoms. The molecule has 0 aliphatic carbocycles. The minimum atomic E-state index is -0.666. The number of aliphatic hydroxyl groups is 1. The molecule has 1 saturated heterocycles. The summed E-state index contributed by atoms with van der Waals surface area (Å²) in [7, 11) is 0. The number of ether oxygens (including phenoxy) is 1. The van der Waals surface area contributed by atoms with Gasteiger partial charge in [0.25, 0.3) is 0 Å². The number of aromatic nitrogens is 5. The molecule has 0 radical (unpaired) electrons. The van der Waals surface area contributed by atoms with E-state index in [1.807, 2.05) is 31.4 Å². The van der Waals surface area contributed by atoms with Crippen molar-refractivity contribution in [2.75, 3.05) is 36.5 Å². The quantitative estimate of drug-likeness (QED) is 0.414. The largest absolute Gasteiger partial charge is 0.394 e. The first-order valence-corrected chi connectivity index (χ1v) is 11.8. The summed E-state index contributed by atoms with van der Waals surface area (Å²) in [6.07, 6.45) is 2.52. The first-order valence-electron chi connectivity index (χ1n) is 11.8. The van der Waals surface area contributed by atoms with Gasteiger partial charge in [0.2, 0.25) is 5.95 Å². The summed E-state index contributed by atoms with van der Waals surface area (Å²) in [4.78, 5) is 19.2. The van der Waals surface area contributed by atoms with Gasteiger partial charge in [-0.3, -0.25) is 0 Å². The Morgan fingerprint density at radius 1 is 1.14 bits per heavy atom. The van der Waals surface area contributed by atoms with Crippen LogP contribution < -0.4 is 10.2 Å². The van der Waals surface area contributed by atoms with E-state index in [9.17, 15) is 13.9 Å². The molecule has 11 heteroatoms. The molecule has 1 aliphatic heterocycles. The standard InChI is InChI=1S/C25H27F2N7O2/c1-14(2)34-15(3)30-24-19(26)8-16(9-21(24)34)23-20(27)11-29-25(32-23)31-22-5-4-17(10-28-22)33-6-7-36-18(12-33)13-35/h4-5,8-11,14,18,35H,6-7,12-13H2,1-3H3,(H,28,29,31,32)/t18-/m1/s1. The molecule has 0 amide bonds. The molecule has 1 aliphatic rings. The molecule has 0 unspecified atom stereocenters. The molecular formula is C25H27F2N7O2. The summed E-state index contributed by atoms with van der Waals surface area (Å²) >= 11 is 0. The lowest BCUT2D eigenvalue weighted by Crippen LogP contribution is -2.44. The van der Waals surface area contributed by atoms with Crippen LogP contribution in [0.4, 0.5) is 26.2 Å². The van der Waals surface area contributed by atoms with Crippen LogP contribution in [0.1, 0.15) is 25.7 Å². The number of anilines is 3. The van der Waals surface area contributed by atoms with Gasteiger partial charge < -0.3 is 24.6 Å². The number of hydrogen-bond donors (Lipinski definition) is 2. The minimum Gasteiger partial charge on any atom is -0.394 e. The molecule has 4 aromatic rings. The Balaban J connectivity index is 1.41. The molecule has 1 fully saturated rings. The van der Waals surface area contributed by atoms with Gasteiger partial charge in [0.15, 0.2) is 11.6 Å². The van der Waals surface area contributed by atoms with Gasteiger partial charge in [-0.15, -0.1) is 0 Å². The number of imidazole rings is 1. The number of rotatable bonds is 6. The highest BCUT2D eigenvalue weighted by Crippen LogP contribution is 2.30. The Morgan fingerprint density at radius 3 is 2.69 bits per heavy atom. The number of hydrogen-bond acceptors (Lipinski definition) is 8. The third-order valence-corrected chi connectivity index (χ3v) is 6.15. The predicted octanol–water partition coefficient (Wildman–Crippen LogP) is 4.00. The summed E-state index contributed by atoms with van der Waals surface area (Å²) in [5.41, 5.74) is 1.98. The number of morpholine rings is 1. The lowest BCUT2D eigenvalue weighted by molar-refractivity contribution is 0.00355. The third-order valence-electron chi connectivity index (χ3n) is 6.15. The van der Waals surface area contributed by atoms with E-state index in [-0.39, 0.29) is 35.9 Å². The molecule has 3 aromatic heterocycles. The number of aliphatic hydroxyl groups excluding tert-OH is 1. The zero-order valence-corrected chi connectivity index (χ0v) is 20.2. The van der Waals surface area contributed by atoms with Crippen molar-refractivity contribution in [2.45, 2.75) is 32.9 Å². The van der Waals surface area contributed by atoms with Crippen LogP contribution in [0.25, 0.3) is 22.3 Å². The minimum absolute atomic E-state index is 0.0255. The summed E-state index contributed by atoms with van der Waals surface area (Å²) in [6.45, 7) is 7.54. The summed E-state index contributed by atoms with van der Waals surface area (Å²) in [6, 6.07) is 6.64. The van der Waals surface area contributed by atoms with Crippen molar-refractivity contribution in [3.05, 3.63) is 54.1 Å². The second-order valence-corrected chi connectivity index (χ2v) is 8.99. The Hall–Kier alpha value is -3.70. The number of nitrogens with one attached hydrogen (secondary N) is 1. The third kappa shape index (κ3) is 4.59. The van der Waals surface area contributed by atoms with Gasteiger partial charge in [-0.1, -0.05) is 0 Å². The number of aryl methyl sites for hydroxylation is 1. The van der Waals surface area contributed by atoms with E-state index < -0.39 is 11.6 Å². The van der Waals surface area contributed by atoms with Crippen LogP contribution in [0.15, 0.2) is 36.7 Å². The SMILES string of the molecule is Cc1nc2c(F)cc(-c3nc(Nc4ccc(N5CCO[C@@H](CO)C5)cn4)ncc3F)cc2n1C(C)C. The Kier molecular flexibility index (Phi) is 6.50. The number of fused-ring (bicyclic) bond motifs is 1. The predicted molar refractivity (Wildman–Crippen MR) is 132 cm³/mol. The zero-order chi connectivity index (χ0) is 25.4. The molecular weight excluding hydrogens is 468 g/mol. The van der Waals surface area contributed by atoms with E-state index in [0.717, 1.165) is 11.9 Å². The van der Waals surface area contributed by atoms with Crippen LogP contribution in [0.5, 0.6) is 0 Å². The lowest BCUT2D eigenvalue weighted by atomic mass is 10.1. The average Bonchev–Trinajstić information content (AvgIpc) is 3.22. The fourth-order valence-electron chi connectivity index (χ4n) is 4.51. The molecule has 1 aromatic carbocycles. The van der Waals surface area contributed by atoms with E-state index in [2.05, 4.69) is 30.2 Å². The lowest BCUT2D eigenvalue weighted by Gasteiger charge is -2.33. The molecule has 2 N–H and O–H groups in total. The van der Waals surface area contributed by atoms with Crippen LogP contribution in [0.2, 0.25) is 0 Å². The van der Waals surface area contributed by atoms with Gasteiger partial charge in [0, 0.05) is 24.7 Å². The van der Waals surface area contributed by atoms with E-state index >= 15 is 0 Å². The molecule has 4 heterocycles. The zero-order valence-electron chi connectivity index (χ0n) is 20.2. The van der Waals surface area contributed by atoms with Gasteiger partial charge >= 0.3 is 0 Å². The highest BCUT2D eigenvalue weighted by Gasteiger charge is 2.21. The molecule has 9 nitrogen and oxygen atoms in total. The van der Waals surface area contributed by atoms with Crippen molar-refractivity contribution in [3.63, 3.8) is 0 Å². The maximum Gasteiger partial charge on any atom is 0.229 e. The molecule has 5 rings (SSSR count). The van der Waals surface area contributed by atoms with Gasteiger partial charge in [0.1, 0.15) is 22.9 Å². The normalized spacial score (nSPS) is 16.2. The van der Waals surface area contributed by atoms with Crippen molar-refractivity contribution < 1.29 is 18.6 Å². The summed E-state index contributed by atoms with van der Waals surface area (Å²) in [5.74, 6) is 0.0768. The first kappa shape index (κ1) is 24.0. The van der Waals surface area contributed by atoms with Crippen molar-refractivity contribution in [1.82, 2.24) is 24.5 Å². The van der Waals surface area contributed by atoms with Gasteiger partial charge in [-0.2, -0.15) is 0 Å². The Morgan fingerprint density at radius 2 is 1.97 bits per heavy atom. The number of halogens is 2. The van der Waals surface area contributed by atoms with E-state index in [1.54, 1.807) is 18.3 Å². The Labute approximate surface area is 206 Å². The average molecular weight is 496 g/mol. The first-order chi connectivity index (χ1) is 17.3. The number of benzene rings is 1. The molecule has 0 saturated carbocycles. The number of nitrogens with zero attached hydrogens (tertiary/aromatic N) is 6. The summed E-state index contributed by atoms with van der Waals surface area (Å²) < 4.78 is 37.1. The number of pyridine rings is 1. The molecule has 36 heavy (non-hydrogen) atoms. The molecule has 1 atom stereocenters. The van der Waals surface area contributed by atoms with Crippen molar-refractivity contribution in [1.29, 1.82) is 0 Å². The maximum atomic E-state index is 14.9. The van der Waals surface area contributed by atoms with Crippen LogP contribution >= 0.6 is 0 Å². The second kappa shape index (κ2) is 9.75. The van der Waals surface area contributed by atoms with E-state index in [4.69, 9.17) is 4.74 Å². The fraction of sp³-hybridized carbons (Fsp3) is 0.360. The maximum absolute atomic E-state index is 14.9. The Bertz CT molecular complexity index is 1390. The van der Waals surface area contributed by atoms with Gasteiger partial charge in [-0.25, -0.2) is 28.7 Å². The molecule has 0 spiro atoms. The van der Waals surface area contributed by atoms with Crippen LogP contribution in [0.3, 0.4) is 0 Å². The highest BCUT2D eigenvalue weighted by molar-refractivity contribution is 5.83. The van der Waals surface area contributed by atoms with Crippen molar-refractivity contribution in [2.24, 2.45) is 0 Å². The topological polar surface area (TPSA) is 101 Å². The monoisotopic (exact) mass is 495 g/mol. The van der Waals surface area contributed by atoms with Crippen molar-refractivity contribution >= 4 is 28.5 Å².